The highest BCUT2D eigenvalue weighted by molar-refractivity contribution is 5.99. The van der Waals surface area contributed by atoms with Crippen molar-refractivity contribution in [1.82, 2.24) is 10.2 Å². The summed E-state index contributed by atoms with van der Waals surface area (Å²) in [6.45, 7) is 21.1. The molecule has 6 heteroatoms. The lowest BCUT2D eigenvalue weighted by molar-refractivity contribution is -0.127. The summed E-state index contributed by atoms with van der Waals surface area (Å²) in [5, 5.41) is 12.3. The zero-order valence-corrected chi connectivity index (χ0v) is 24.0. The van der Waals surface area contributed by atoms with Crippen molar-refractivity contribution in [3.8, 4) is 0 Å². The number of allylic oxidation sites excluding steroid dienone is 7. The minimum Gasteiger partial charge on any atom is -0.509 e. The van der Waals surface area contributed by atoms with Crippen molar-refractivity contribution in [3.63, 3.8) is 0 Å². The molecule has 6 nitrogen and oxygen atoms in total. The largest absolute Gasteiger partial charge is 0.509 e. The molecular weight excluding hydrogens is 472 g/mol. The highest BCUT2D eigenvalue weighted by Gasteiger charge is 2.25. The maximum Gasteiger partial charge on any atom is 0.223 e. The quantitative estimate of drug-likeness (QED) is 0.0647. The van der Waals surface area contributed by atoms with E-state index in [-0.39, 0.29) is 17.6 Å². The summed E-state index contributed by atoms with van der Waals surface area (Å²) in [5.41, 5.74) is 2.10. The number of hydrogen-bond acceptors (Lipinski definition) is 4. The summed E-state index contributed by atoms with van der Waals surface area (Å²) in [4.78, 5) is 23.9. The van der Waals surface area contributed by atoms with Crippen molar-refractivity contribution >= 4 is 18.5 Å². The summed E-state index contributed by atoms with van der Waals surface area (Å²) in [6.07, 6.45) is 20.2. The highest BCUT2D eigenvalue weighted by Crippen LogP contribution is 2.26. The van der Waals surface area contributed by atoms with E-state index in [0.29, 0.717) is 19.0 Å². The minimum absolute atomic E-state index is 0.0350. The van der Waals surface area contributed by atoms with Crippen LogP contribution >= 0.6 is 0 Å². The van der Waals surface area contributed by atoms with Crippen LogP contribution in [0.25, 0.3) is 0 Å². The number of rotatable bonds is 19. The van der Waals surface area contributed by atoms with Gasteiger partial charge in [0.25, 0.3) is 0 Å². The molecule has 0 bridgehead atoms. The lowest BCUT2D eigenvalue weighted by Gasteiger charge is -2.31. The summed E-state index contributed by atoms with van der Waals surface area (Å²) in [5.74, 6) is 1.87. The molecule has 0 aromatic carbocycles. The topological polar surface area (TPSA) is 77.3 Å². The van der Waals surface area contributed by atoms with Gasteiger partial charge in [0.05, 0.1) is 6.54 Å². The molecule has 1 rings (SSSR count). The van der Waals surface area contributed by atoms with Gasteiger partial charge in [-0.05, 0) is 57.7 Å². The standard InChI is InChI=1S/C32H50N4O2/c1-7-23-36(25-28(9-3)20-22-35-32(38)29-16-14-17-29)31(30(24-33-6)19-18-26(4)8-2)34-21-13-11-10-12-15-27(5)37/h8,10-12,15,18-19,28-29,37H,2,5-7,9,13-14,16-17,20-25H2,1,3-4H3,(H,35,38)/b11-10-,15-12-,26-18-,30-19+,34-31?. The van der Waals surface area contributed by atoms with Gasteiger partial charge in [-0.15, -0.1) is 0 Å². The summed E-state index contributed by atoms with van der Waals surface area (Å²) in [7, 11) is 0. The van der Waals surface area contributed by atoms with Gasteiger partial charge in [-0.1, -0.05) is 81.9 Å². The molecule has 1 atom stereocenters. The first-order chi connectivity index (χ1) is 18.4. The van der Waals surface area contributed by atoms with Crippen molar-refractivity contribution in [1.29, 1.82) is 0 Å². The summed E-state index contributed by atoms with van der Waals surface area (Å²) < 4.78 is 0. The number of aliphatic hydroxyl groups excluding tert-OH is 1. The predicted octanol–water partition coefficient (Wildman–Crippen LogP) is 6.76. The Kier molecular flexibility index (Phi) is 17.2. The Morgan fingerprint density at radius 1 is 1.24 bits per heavy atom. The van der Waals surface area contributed by atoms with Crippen LogP contribution in [0.1, 0.15) is 65.7 Å². The van der Waals surface area contributed by atoms with Crippen molar-refractivity contribution in [3.05, 3.63) is 72.6 Å². The van der Waals surface area contributed by atoms with Gasteiger partial charge in [0, 0.05) is 37.7 Å². The van der Waals surface area contributed by atoms with Crippen LogP contribution in [-0.4, -0.2) is 61.2 Å². The Bertz CT molecular complexity index is 906. The lowest BCUT2D eigenvalue weighted by atomic mass is 9.85. The molecule has 1 aliphatic rings. The number of amides is 1. The molecule has 0 aromatic rings. The third-order valence-electron chi connectivity index (χ3n) is 6.71. The van der Waals surface area contributed by atoms with Crippen LogP contribution in [0, 0.1) is 11.8 Å². The van der Waals surface area contributed by atoms with Gasteiger partial charge in [-0.2, -0.15) is 0 Å². The molecule has 2 N–H and O–H groups in total. The second kappa shape index (κ2) is 19.9. The van der Waals surface area contributed by atoms with Gasteiger partial charge in [-0.3, -0.25) is 14.8 Å². The third-order valence-corrected chi connectivity index (χ3v) is 6.71. The average molecular weight is 523 g/mol. The van der Waals surface area contributed by atoms with Gasteiger partial charge >= 0.3 is 0 Å². The van der Waals surface area contributed by atoms with Crippen molar-refractivity contribution in [2.45, 2.75) is 65.7 Å². The van der Waals surface area contributed by atoms with Crippen LogP contribution in [0.2, 0.25) is 0 Å². The number of amidine groups is 1. The molecule has 0 saturated heterocycles. The van der Waals surface area contributed by atoms with Crippen LogP contribution in [0.3, 0.4) is 0 Å². The zero-order valence-electron chi connectivity index (χ0n) is 24.0. The minimum atomic E-state index is 0.0350. The molecule has 1 unspecified atom stereocenters. The number of aliphatic imine (C=N–C) groups is 2. The van der Waals surface area contributed by atoms with E-state index in [1.165, 1.54) is 6.42 Å². The number of aliphatic hydroxyl groups is 1. The van der Waals surface area contributed by atoms with Gasteiger partial charge in [0.15, 0.2) is 0 Å². The Morgan fingerprint density at radius 3 is 2.58 bits per heavy atom. The molecule has 210 valence electrons. The highest BCUT2D eigenvalue weighted by atomic mass is 16.3. The molecule has 0 radical (unpaired) electrons. The molecule has 0 heterocycles. The number of carbonyl (C=O) groups excluding carboxylic acids is 1. The van der Waals surface area contributed by atoms with Crippen molar-refractivity contribution in [2.75, 3.05) is 32.7 Å². The fourth-order valence-electron chi connectivity index (χ4n) is 4.11. The predicted molar refractivity (Wildman–Crippen MR) is 164 cm³/mol. The Labute approximate surface area is 231 Å². The Balaban J connectivity index is 3.09. The van der Waals surface area contributed by atoms with E-state index in [2.05, 4.69) is 55.0 Å². The molecular formula is C32H50N4O2. The van der Waals surface area contributed by atoms with Crippen molar-refractivity contribution in [2.24, 2.45) is 21.8 Å². The van der Waals surface area contributed by atoms with E-state index >= 15 is 0 Å². The summed E-state index contributed by atoms with van der Waals surface area (Å²) >= 11 is 0. The van der Waals surface area contributed by atoms with Gasteiger partial charge in [-0.25, -0.2) is 0 Å². The second-order valence-electron chi connectivity index (χ2n) is 9.89. The Morgan fingerprint density at radius 2 is 2.00 bits per heavy atom. The lowest BCUT2D eigenvalue weighted by Crippen LogP contribution is -2.39. The van der Waals surface area contributed by atoms with Crippen LogP contribution in [0.5, 0.6) is 0 Å². The van der Waals surface area contributed by atoms with Crippen molar-refractivity contribution < 1.29 is 9.90 Å². The van der Waals surface area contributed by atoms with E-state index in [9.17, 15) is 9.90 Å². The number of nitrogens with zero attached hydrogens (tertiary/aromatic N) is 3. The fourth-order valence-corrected chi connectivity index (χ4v) is 4.11. The first kappa shape index (κ1) is 32.9. The van der Waals surface area contributed by atoms with E-state index in [1.54, 1.807) is 12.2 Å². The molecule has 0 aliphatic heterocycles. The molecule has 1 amide bonds. The first-order valence-corrected chi connectivity index (χ1v) is 14.1. The van der Waals surface area contributed by atoms with E-state index in [4.69, 9.17) is 4.99 Å². The first-order valence-electron chi connectivity index (χ1n) is 14.1. The van der Waals surface area contributed by atoms with E-state index in [1.807, 2.05) is 31.2 Å². The maximum atomic E-state index is 12.3. The van der Waals surface area contributed by atoms with Gasteiger partial charge in [0.2, 0.25) is 5.91 Å². The average Bonchev–Trinajstić information content (AvgIpc) is 2.86. The number of hydrogen-bond donors (Lipinski definition) is 2. The molecule has 0 aromatic heterocycles. The monoisotopic (exact) mass is 522 g/mol. The molecule has 1 saturated carbocycles. The second-order valence-corrected chi connectivity index (χ2v) is 9.89. The fraction of sp³-hybridized carbons (Fsp3) is 0.531. The summed E-state index contributed by atoms with van der Waals surface area (Å²) in [6, 6.07) is 0. The third kappa shape index (κ3) is 13.4. The maximum absolute atomic E-state index is 12.3. The molecule has 1 fully saturated rings. The van der Waals surface area contributed by atoms with Gasteiger partial charge in [0.1, 0.15) is 11.6 Å². The molecule has 0 spiro atoms. The molecule has 1 aliphatic carbocycles. The smallest absolute Gasteiger partial charge is 0.223 e. The van der Waals surface area contributed by atoms with Crippen LogP contribution in [0.15, 0.2) is 82.6 Å². The number of carbonyl (C=O) groups is 1. The molecule has 38 heavy (non-hydrogen) atoms. The van der Waals surface area contributed by atoms with Crippen LogP contribution in [0.4, 0.5) is 0 Å². The normalized spacial score (nSPS) is 15.9. The van der Waals surface area contributed by atoms with Crippen LogP contribution < -0.4 is 5.32 Å². The van der Waals surface area contributed by atoms with E-state index < -0.39 is 0 Å². The SMILES string of the molecule is C=C/C(C)=C\C=C(/CN=C)C(=NCC/C=C\C=C/C(=C)O)N(CCC)CC(CC)CCNC(=O)C1CCC1. The Hall–Kier alpha value is -3.15. The van der Waals surface area contributed by atoms with Gasteiger partial charge < -0.3 is 15.3 Å². The van der Waals surface area contributed by atoms with E-state index in [0.717, 1.165) is 75.1 Å². The number of nitrogens with one attached hydrogen (secondary N) is 1. The zero-order chi connectivity index (χ0) is 28.2. The van der Waals surface area contributed by atoms with Crippen LogP contribution in [-0.2, 0) is 4.79 Å².